The molecule has 2 aliphatic rings. The van der Waals surface area contributed by atoms with E-state index >= 15 is 0 Å². The second-order valence-electron chi connectivity index (χ2n) is 7.24. The van der Waals surface area contributed by atoms with Gasteiger partial charge in [0.15, 0.2) is 0 Å². The lowest BCUT2D eigenvalue weighted by atomic mass is 9.72. The zero-order valence-corrected chi connectivity index (χ0v) is 15.2. The molecule has 1 fully saturated rings. The van der Waals surface area contributed by atoms with Crippen molar-refractivity contribution in [2.75, 3.05) is 6.61 Å². The zero-order chi connectivity index (χ0) is 18.6. The zero-order valence-electron chi connectivity index (χ0n) is 15.2. The quantitative estimate of drug-likeness (QED) is 0.890. The van der Waals surface area contributed by atoms with Crippen molar-refractivity contribution in [3.05, 3.63) is 95.8 Å². The highest BCUT2D eigenvalue weighted by Crippen LogP contribution is 2.41. The fraction of sp³-hybridized carbons (Fsp3) is 0.292. The Hall–Kier alpha value is -2.65. The summed E-state index contributed by atoms with van der Waals surface area (Å²) >= 11 is 0. The number of aliphatic hydroxyl groups is 1. The van der Waals surface area contributed by atoms with E-state index in [1.807, 2.05) is 54.6 Å². The Kier molecular flexibility index (Phi) is 5.21. The number of allylic oxidation sites excluding steroid dienone is 3. The molecule has 1 N–H and O–H groups in total. The van der Waals surface area contributed by atoms with Gasteiger partial charge in [-0.3, -0.25) is 4.79 Å². The maximum Gasteiger partial charge on any atom is 0.146 e. The number of ketones is 1. The van der Waals surface area contributed by atoms with Crippen molar-refractivity contribution in [1.82, 2.24) is 0 Å². The number of carbonyl (C=O) groups is 1. The van der Waals surface area contributed by atoms with Crippen molar-refractivity contribution in [2.24, 2.45) is 11.8 Å². The number of fused-ring (bicyclic) bond motifs is 1. The first-order valence-corrected chi connectivity index (χ1v) is 9.56. The first-order chi connectivity index (χ1) is 13.3. The highest BCUT2D eigenvalue weighted by molar-refractivity contribution is 5.84. The van der Waals surface area contributed by atoms with Crippen LogP contribution >= 0.6 is 0 Å². The second kappa shape index (κ2) is 7.93. The third kappa shape index (κ3) is 3.60. The lowest BCUT2D eigenvalue weighted by molar-refractivity contribution is -0.133. The molecule has 3 nitrogen and oxygen atoms in total. The number of ether oxygens (including phenoxy) is 1. The van der Waals surface area contributed by atoms with Gasteiger partial charge in [0, 0.05) is 18.3 Å². The molecule has 2 aromatic rings. The van der Waals surface area contributed by atoms with Gasteiger partial charge in [-0.2, -0.15) is 0 Å². The molecule has 138 valence electrons. The predicted molar refractivity (Wildman–Crippen MR) is 105 cm³/mol. The molecule has 0 aromatic heterocycles. The molecule has 1 saturated heterocycles. The number of aliphatic hydroxyl groups excluding tert-OH is 1. The molecular weight excluding hydrogens is 336 g/mol. The minimum absolute atomic E-state index is 0.0299. The summed E-state index contributed by atoms with van der Waals surface area (Å²) in [5.41, 5.74) is 2.25. The van der Waals surface area contributed by atoms with Crippen LogP contribution in [0.4, 0.5) is 0 Å². The molecule has 0 bridgehead atoms. The molecule has 2 aromatic carbocycles. The van der Waals surface area contributed by atoms with Crippen LogP contribution in [-0.4, -0.2) is 23.6 Å². The van der Waals surface area contributed by atoms with Gasteiger partial charge in [0.1, 0.15) is 17.5 Å². The third-order valence-corrected chi connectivity index (χ3v) is 5.58. The van der Waals surface area contributed by atoms with Crippen LogP contribution in [0.1, 0.15) is 29.9 Å². The Morgan fingerprint density at radius 2 is 1.59 bits per heavy atom. The predicted octanol–water partition coefficient (Wildman–Crippen LogP) is 4.25. The SMILES string of the molecule is O=C1CCC=CC=C2OCC(C(c3ccccc3)c3ccccc3)C(O)C12. The Balaban J connectivity index is 1.74. The van der Waals surface area contributed by atoms with Gasteiger partial charge in [-0.1, -0.05) is 72.8 Å². The van der Waals surface area contributed by atoms with E-state index in [1.54, 1.807) is 0 Å². The maximum atomic E-state index is 12.7. The summed E-state index contributed by atoms with van der Waals surface area (Å²) in [6, 6.07) is 20.4. The van der Waals surface area contributed by atoms with E-state index in [4.69, 9.17) is 4.74 Å². The van der Waals surface area contributed by atoms with Crippen molar-refractivity contribution < 1.29 is 14.6 Å². The lowest BCUT2D eigenvalue weighted by Gasteiger charge is -2.40. The van der Waals surface area contributed by atoms with Crippen molar-refractivity contribution >= 4 is 5.78 Å². The summed E-state index contributed by atoms with van der Waals surface area (Å²) < 4.78 is 6.02. The van der Waals surface area contributed by atoms with E-state index in [0.29, 0.717) is 25.2 Å². The molecule has 3 atom stereocenters. The highest BCUT2D eigenvalue weighted by atomic mass is 16.5. The summed E-state index contributed by atoms with van der Waals surface area (Å²) in [6.45, 7) is 0.388. The third-order valence-electron chi connectivity index (χ3n) is 5.58. The van der Waals surface area contributed by atoms with Gasteiger partial charge < -0.3 is 9.84 Å². The standard InChI is InChI=1S/C24H24O3/c25-20-14-8-3-9-15-21-23(20)24(26)19(16-27-21)22(17-10-4-1-5-11-17)18-12-6-2-7-13-18/h1-7,9-13,15,19,22-24,26H,8,14,16H2. The number of carbonyl (C=O) groups excluding carboxylic acids is 1. The van der Waals surface area contributed by atoms with Crippen molar-refractivity contribution in [2.45, 2.75) is 24.9 Å². The Morgan fingerprint density at radius 1 is 0.963 bits per heavy atom. The van der Waals surface area contributed by atoms with Crippen LogP contribution in [0.5, 0.6) is 0 Å². The first kappa shape index (κ1) is 17.7. The first-order valence-electron chi connectivity index (χ1n) is 9.56. The normalized spacial score (nSPS) is 25.2. The number of hydrogen-bond acceptors (Lipinski definition) is 3. The largest absolute Gasteiger partial charge is 0.497 e. The maximum absolute atomic E-state index is 12.7. The topological polar surface area (TPSA) is 46.5 Å². The van der Waals surface area contributed by atoms with Gasteiger partial charge in [-0.25, -0.2) is 0 Å². The van der Waals surface area contributed by atoms with E-state index in [1.165, 1.54) is 0 Å². The summed E-state index contributed by atoms with van der Waals surface area (Å²) in [7, 11) is 0. The van der Waals surface area contributed by atoms with Gasteiger partial charge in [-0.15, -0.1) is 0 Å². The number of Topliss-reactive ketones (excluding diaryl/α,β-unsaturated/α-hetero) is 1. The van der Waals surface area contributed by atoms with E-state index in [0.717, 1.165) is 11.1 Å². The summed E-state index contributed by atoms with van der Waals surface area (Å²) in [5, 5.41) is 11.3. The van der Waals surface area contributed by atoms with Gasteiger partial charge >= 0.3 is 0 Å². The van der Waals surface area contributed by atoms with Gasteiger partial charge in [0.25, 0.3) is 0 Å². The van der Waals surface area contributed by atoms with Crippen LogP contribution in [-0.2, 0) is 9.53 Å². The molecule has 1 aliphatic carbocycles. The number of benzene rings is 2. The molecule has 1 aliphatic heterocycles. The molecular formula is C24H24O3. The van der Waals surface area contributed by atoms with E-state index < -0.39 is 12.0 Å². The Bertz CT molecular complexity index is 799. The molecule has 0 saturated carbocycles. The van der Waals surface area contributed by atoms with Gasteiger partial charge in [0.05, 0.1) is 12.7 Å². The average molecular weight is 360 g/mol. The van der Waals surface area contributed by atoms with Crippen LogP contribution < -0.4 is 0 Å². The molecule has 3 unspecified atom stereocenters. The molecule has 3 heteroatoms. The fourth-order valence-corrected chi connectivity index (χ4v) is 4.24. The van der Waals surface area contributed by atoms with E-state index in [2.05, 4.69) is 24.3 Å². The van der Waals surface area contributed by atoms with Crippen LogP contribution in [0.15, 0.2) is 84.7 Å². The summed E-state index contributed by atoms with van der Waals surface area (Å²) in [6.07, 6.45) is 6.10. The molecule has 0 amide bonds. The average Bonchev–Trinajstić information content (AvgIpc) is 2.69. The minimum atomic E-state index is -0.769. The van der Waals surface area contributed by atoms with Crippen LogP contribution in [0.2, 0.25) is 0 Å². The molecule has 27 heavy (non-hydrogen) atoms. The van der Waals surface area contributed by atoms with Crippen molar-refractivity contribution in [1.29, 1.82) is 0 Å². The number of rotatable bonds is 3. The highest BCUT2D eigenvalue weighted by Gasteiger charge is 2.44. The van der Waals surface area contributed by atoms with Gasteiger partial charge in [0.2, 0.25) is 0 Å². The molecule has 0 radical (unpaired) electrons. The number of hydrogen-bond donors (Lipinski definition) is 1. The van der Waals surface area contributed by atoms with Gasteiger partial charge in [-0.05, 0) is 23.6 Å². The van der Waals surface area contributed by atoms with E-state index in [9.17, 15) is 9.90 Å². The van der Waals surface area contributed by atoms with Crippen molar-refractivity contribution in [3.8, 4) is 0 Å². The van der Waals surface area contributed by atoms with Crippen LogP contribution in [0.25, 0.3) is 0 Å². The Morgan fingerprint density at radius 3 is 2.22 bits per heavy atom. The minimum Gasteiger partial charge on any atom is -0.497 e. The molecule has 4 rings (SSSR count). The lowest BCUT2D eigenvalue weighted by Crippen LogP contribution is -2.45. The summed E-state index contributed by atoms with van der Waals surface area (Å²) in [4.78, 5) is 12.7. The smallest absolute Gasteiger partial charge is 0.146 e. The molecule has 0 spiro atoms. The monoisotopic (exact) mass is 360 g/mol. The Labute approximate surface area is 160 Å². The van der Waals surface area contributed by atoms with Crippen molar-refractivity contribution in [3.63, 3.8) is 0 Å². The fourth-order valence-electron chi connectivity index (χ4n) is 4.24. The second-order valence-corrected chi connectivity index (χ2v) is 7.24. The van der Waals surface area contributed by atoms with Crippen LogP contribution in [0.3, 0.4) is 0 Å². The molecule has 1 heterocycles. The van der Waals surface area contributed by atoms with Crippen LogP contribution in [0, 0.1) is 11.8 Å². The van der Waals surface area contributed by atoms with E-state index in [-0.39, 0.29) is 17.6 Å². The summed E-state index contributed by atoms with van der Waals surface area (Å²) in [5.74, 6) is -0.145.